The molecule has 1 rings (SSSR count). The van der Waals surface area contributed by atoms with Crippen LogP contribution in [0.4, 0.5) is 5.69 Å². The number of Topliss-reactive ketones (excluding diaryl/α,β-unsaturated/α-hetero) is 1. The minimum Gasteiger partial charge on any atom is -0.488 e. The van der Waals surface area contributed by atoms with Crippen LogP contribution in [0.3, 0.4) is 0 Å². The van der Waals surface area contributed by atoms with Gasteiger partial charge in [0.25, 0.3) is 0 Å². The highest BCUT2D eigenvalue weighted by Crippen LogP contribution is 2.30. The molecule has 0 aliphatic carbocycles. The van der Waals surface area contributed by atoms with Gasteiger partial charge in [-0.05, 0) is 31.0 Å². The quantitative estimate of drug-likeness (QED) is 0.613. The second-order valence-corrected chi connectivity index (χ2v) is 4.60. The second kappa shape index (κ2) is 7.48. The number of carbonyl (C=O) groups is 2. The van der Waals surface area contributed by atoms with E-state index in [9.17, 15) is 9.59 Å². The fourth-order valence-electron chi connectivity index (χ4n) is 1.99. The minimum atomic E-state index is -0.165. The lowest BCUT2D eigenvalue weighted by Crippen LogP contribution is -2.10. The summed E-state index contributed by atoms with van der Waals surface area (Å²) in [6.45, 7) is 8.94. The number of aryl methyl sites for hydroxylation is 1. The Morgan fingerprint density at radius 3 is 2.55 bits per heavy atom. The van der Waals surface area contributed by atoms with E-state index in [4.69, 9.17) is 4.74 Å². The van der Waals surface area contributed by atoms with Gasteiger partial charge in [-0.25, -0.2) is 0 Å². The molecule has 0 aromatic heterocycles. The minimum absolute atomic E-state index is 0.0892. The van der Waals surface area contributed by atoms with Crippen molar-refractivity contribution in [1.82, 2.24) is 0 Å². The highest BCUT2D eigenvalue weighted by atomic mass is 16.5. The molecule has 1 amide bonds. The van der Waals surface area contributed by atoms with E-state index in [1.807, 2.05) is 6.07 Å². The summed E-state index contributed by atoms with van der Waals surface area (Å²) in [5.41, 5.74) is 2.03. The predicted octanol–water partition coefficient (Wildman–Crippen LogP) is 3.36. The monoisotopic (exact) mass is 275 g/mol. The van der Waals surface area contributed by atoms with Gasteiger partial charge in [-0.1, -0.05) is 26.0 Å². The second-order valence-electron chi connectivity index (χ2n) is 4.60. The van der Waals surface area contributed by atoms with E-state index in [1.54, 1.807) is 12.1 Å². The van der Waals surface area contributed by atoms with E-state index in [2.05, 4.69) is 18.8 Å². The SMILES string of the molecule is C=CCOc1c(CCC)cc(NC(C)=O)cc1C(C)=O. The number of hydrogen-bond acceptors (Lipinski definition) is 3. The predicted molar refractivity (Wildman–Crippen MR) is 80.4 cm³/mol. The van der Waals surface area contributed by atoms with Gasteiger partial charge in [0.2, 0.25) is 5.91 Å². The molecule has 1 aromatic carbocycles. The van der Waals surface area contributed by atoms with Crippen molar-refractivity contribution in [3.05, 3.63) is 35.9 Å². The Hall–Kier alpha value is -2.10. The van der Waals surface area contributed by atoms with Crippen LogP contribution in [0.15, 0.2) is 24.8 Å². The fraction of sp³-hybridized carbons (Fsp3) is 0.375. The van der Waals surface area contributed by atoms with Gasteiger partial charge in [0, 0.05) is 12.6 Å². The molecule has 0 aliphatic heterocycles. The number of anilines is 1. The molecule has 4 nitrogen and oxygen atoms in total. The summed E-state index contributed by atoms with van der Waals surface area (Å²) in [6, 6.07) is 3.51. The van der Waals surface area contributed by atoms with Crippen molar-refractivity contribution in [2.24, 2.45) is 0 Å². The lowest BCUT2D eigenvalue weighted by atomic mass is 10.0. The maximum absolute atomic E-state index is 11.8. The first-order valence-corrected chi connectivity index (χ1v) is 6.68. The Labute approximate surface area is 119 Å². The molecule has 4 heteroatoms. The van der Waals surface area contributed by atoms with Gasteiger partial charge < -0.3 is 10.1 Å². The molecule has 0 saturated heterocycles. The van der Waals surface area contributed by atoms with Crippen LogP contribution >= 0.6 is 0 Å². The summed E-state index contributed by atoms with van der Waals surface area (Å²) in [7, 11) is 0. The molecule has 0 saturated carbocycles. The number of benzene rings is 1. The Kier molecular flexibility index (Phi) is 5.97. The number of rotatable bonds is 7. The number of nitrogens with one attached hydrogen (secondary N) is 1. The largest absolute Gasteiger partial charge is 0.488 e. The number of ketones is 1. The average Bonchev–Trinajstić information content (AvgIpc) is 2.36. The number of ether oxygens (including phenoxy) is 1. The number of carbonyl (C=O) groups excluding carboxylic acids is 2. The van der Waals surface area contributed by atoms with E-state index in [-0.39, 0.29) is 11.7 Å². The molecule has 0 spiro atoms. The molecular weight excluding hydrogens is 254 g/mol. The van der Waals surface area contributed by atoms with Crippen LogP contribution in [0.25, 0.3) is 0 Å². The zero-order valence-electron chi connectivity index (χ0n) is 12.3. The smallest absolute Gasteiger partial charge is 0.221 e. The summed E-state index contributed by atoms with van der Waals surface area (Å²) in [6.07, 6.45) is 3.34. The van der Waals surface area contributed by atoms with Gasteiger partial charge >= 0.3 is 0 Å². The fourth-order valence-corrected chi connectivity index (χ4v) is 1.99. The van der Waals surface area contributed by atoms with E-state index >= 15 is 0 Å². The Morgan fingerprint density at radius 1 is 1.35 bits per heavy atom. The van der Waals surface area contributed by atoms with Gasteiger partial charge in [0.1, 0.15) is 12.4 Å². The van der Waals surface area contributed by atoms with Crippen LogP contribution in [0.5, 0.6) is 5.75 Å². The van der Waals surface area contributed by atoms with E-state index in [1.165, 1.54) is 13.8 Å². The van der Waals surface area contributed by atoms with Crippen molar-refractivity contribution in [3.63, 3.8) is 0 Å². The Balaban J connectivity index is 3.32. The highest BCUT2D eigenvalue weighted by Gasteiger charge is 2.15. The standard InChI is InChI=1S/C16H21NO3/c1-5-7-13-9-14(17-12(4)19)10-15(11(3)18)16(13)20-8-6-2/h6,9-10H,2,5,7-8H2,1,3-4H3,(H,17,19). The lowest BCUT2D eigenvalue weighted by molar-refractivity contribution is -0.114. The van der Waals surface area contributed by atoms with Gasteiger partial charge in [0.15, 0.2) is 5.78 Å². The topological polar surface area (TPSA) is 55.4 Å². The zero-order chi connectivity index (χ0) is 15.1. The van der Waals surface area contributed by atoms with Gasteiger partial charge in [-0.2, -0.15) is 0 Å². The molecule has 0 heterocycles. The summed E-state index contributed by atoms with van der Waals surface area (Å²) in [5.74, 6) is 0.337. The van der Waals surface area contributed by atoms with Gasteiger partial charge in [0.05, 0.1) is 5.56 Å². The first-order valence-electron chi connectivity index (χ1n) is 6.68. The molecule has 0 bridgehead atoms. The van der Waals surface area contributed by atoms with Crippen molar-refractivity contribution in [3.8, 4) is 5.75 Å². The molecule has 108 valence electrons. The van der Waals surface area contributed by atoms with Crippen molar-refractivity contribution in [2.75, 3.05) is 11.9 Å². The first kappa shape index (κ1) is 16.0. The van der Waals surface area contributed by atoms with Crippen LogP contribution in [-0.4, -0.2) is 18.3 Å². The lowest BCUT2D eigenvalue weighted by Gasteiger charge is -2.16. The molecular formula is C16H21NO3. The van der Waals surface area contributed by atoms with Crippen LogP contribution in [0.2, 0.25) is 0 Å². The first-order chi connectivity index (χ1) is 9.49. The van der Waals surface area contributed by atoms with Crippen molar-refractivity contribution >= 4 is 17.4 Å². The van der Waals surface area contributed by atoms with Crippen LogP contribution < -0.4 is 10.1 Å². The average molecular weight is 275 g/mol. The number of amides is 1. The molecule has 0 unspecified atom stereocenters. The van der Waals surface area contributed by atoms with Crippen molar-refractivity contribution < 1.29 is 14.3 Å². The van der Waals surface area contributed by atoms with Crippen molar-refractivity contribution in [2.45, 2.75) is 33.6 Å². The normalized spacial score (nSPS) is 9.95. The van der Waals surface area contributed by atoms with Crippen LogP contribution in [0.1, 0.15) is 43.1 Å². The van der Waals surface area contributed by atoms with Gasteiger partial charge in [-0.15, -0.1) is 0 Å². The molecule has 0 atom stereocenters. The summed E-state index contributed by atoms with van der Waals surface area (Å²) < 4.78 is 5.64. The Morgan fingerprint density at radius 2 is 2.05 bits per heavy atom. The summed E-state index contributed by atoms with van der Waals surface area (Å²) in [4.78, 5) is 23.0. The third-order valence-corrected chi connectivity index (χ3v) is 2.73. The highest BCUT2D eigenvalue weighted by molar-refractivity contribution is 5.99. The van der Waals surface area contributed by atoms with E-state index in [0.29, 0.717) is 23.6 Å². The maximum Gasteiger partial charge on any atom is 0.221 e. The zero-order valence-corrected chi connectivity index (χ0v) is 12.3. The maximum atomic E-state index is 11.8. The van der Waals surface area contributed by atoms with E-state index < -0.39 is 0 Å². The third-order valence-electron chi connectivity index (χ3n) is 2.73. The van der Waals surface area contributed by atoms with E-state index in [0.717, 1.165) is 18.4 Å². The number of hydrogen-bond donors (Lipinski definition) is 1. The molecule has 0 radical (unpaired) electrons. The Bertz CT molecular complexity index is 521. The molecule has 0 fully saturated rings. The van der Waals surface area contributed by atoms with Crippen LogP contribution in [-0.2, 0) is 11.2 Å². The third kappa shape index (κ3) is 4.23. The van der Waals surface area contributed by atoms with Crippen LogP contribution in [0, 0.1) is 0 Å². The molecule has 1 N–H and O–H groups in total. The van der Waals surface area contributed by atoms with Crippen molar-refractivity contribution in [1.29, 1.82) is 0 Å². The summed E-state index contributed by atoms with van der Waals surface area (Å²) >= 11 is 0. The molecule has 0 aliphatic rings. The van der Waals surface area contributed by atoms with Gasteiger partial charge in [-0.3, -0.25) is 9.59 Å². The molecule has 1 aromatic rings. The molecule has 20 heavy (non-hydrogen) atoms. The summed E-state index contributed by atoms with van der Waals surface area (Å²) in [5, 5.41) is 2.72.